The van der Waals surface area contributed by atoms with Crippen molar-refractivity contribution in [2.24, 2.45) is 0 Å². The lowest BCUT2D eigenvalue weighted by molar-refractivity contribution is 0.0594. The summed E-state index contributed by atoms with van der Waals surface area (Å²) in [5, 5.41) is 3.11. The summed E-state index contributed by atoms with van der Waals surface area (Å²) < 4.78 is 5.99. The SMILES string of the molecule is COC(=O)c1cc(=O)n2[nH]c(C3CCCCC3)cc2n1. The normalized spacial score (nSPS) is 16.4. The van der Waals surface area contributed by atoms with Gasteiger partial charge in [0.2, 0.25) is 0 Å². The first-order chi connectivity index (χ1) is 9.69. The molecule has 0 radical (unpaired) electrons. The molecule has 3 rings (SSSR count). The van der Waals surface area contributed by atoms with Crippen LogP contribution in [-0.2, 0) is 4.74 Å². The fourth-order valence-electron chi connectivity index (χ4n) is 2.84. The van der Waals surface area contributed by atoms with Crippen molar-refractivity contribution < 1.29 is 9.53 Å². The van der Waals surface area contributed by atoms with Crippen molar-refractivity contribution in [3.05, 3.63) is 33.9 Å². The molecule has 0 bridgehead atoms. The molecule has 20 heavy (non-hydrogen) atoms. The lowest BCUT2D eigenvalue weighted by Crippen LogP contribution is -2.18. The molecule has 1 aliphatic rings. The molecule has 1 fully saturated rings. The summed E-state index contributed by atoms with van der Waals surface area (Å²) >= 11 is 0. The second-order valence-electron chi connectivity index (χ2n) is 5.21. The highest BCUT2D eigenvalue weighted by molar-refractivity contribution is 5.87. The van der Waals surface area contributed by atoms with Gasteiger partial charge >= 0.3 is 5.97 Å². The first kappa shape index (κ1) is 12.9. The van der Waals surface area contributed by atoms with E-state index in [0.29, 0.717) is 11.6 Å². The monoisotopic (exact) mass is 275 g/mol. The molecule has 0 spiro atoms. The Kier molecular flexibility index (Phi) is 3.30. The number of aromatic nitrogens is 3. The van der Waals surface area contributed by atoms with Gasteiger partial charge in [0.05, 0.1) is 7.11 Å². The average Bonchev–Trinajstić information content (AvgIpc) is 2.92. The van der Waals surface area contributed by atoms with Gasteiger partial charge in [-0.3, -0.25) is 9.89 Å². The standard InChI is InChI=1S/C14H17N3O3/c1-20-14(19)11-8-13(18)17-12(15-11)7-10(16-17)9-5-3-2-4-6-9/h7-9,16H,2-6H2,1H3. The van der Waals surface area contributed by atoms with Gasteiger partial charge in [-0.2, -0.15) is 0 Å². The molecule has 106 valence electrons. The number of esters is 1. The Morgan fingerprint density at radius 2 is 2.10 bits per heavy atom. The van der Waals surface area contributed by atoms with Crippen molar-refractivity contribution in [2.75, 3.05) is 7.11 Å². The first-order valence-electron chi connectivity index (χ1n) is 6.90. The number of ether oxygens (including phenoxy) is 1. The molecule has 0 atom stereocenters. The molecular weight excluding hydrogens is 258 g/mol. The Labute approximate surface area is 115 Å². The van der Waals surface area contributed by atoms with Crippen LogP contribution >= 0.6 is 0 Å². The lowest BCUT2D eigenvalue weighted by Gasteiger charge is -2.19. The predicted molar refractivity (Wildman–Crippen MR) is 73.0 cm³/mol. The second-order valence-corrected chi connectivity index (χ2v) is 5.21. The minimum absolute atomic E-state index is 0.0479. The maximum atomic E-state index is 12.0. The minimum Gasteiger partial charge on any atom is -0.464 e. The van der Waals surface area contributed by atoms with Gasteiger partial charge in [0, 0.05) is 23.7 Å². The van der Waals surface area contributed by atoms with Crippen LogP contribution in [0.4, 0.5) is 0 Å². The van der Waals surface area contributed by atoms with Crippen LogP contribution in [0, 0.1) is 0 Å². The van der Waals surface area contributed by atoms with Crippen molar-refractivity contribution in [2.45, 2.75) is 38.0 Å². The third-order valence-corrected chi connectivity index (χ3v) is 3.91. The summed E-state index contributed by atoms with van der Waals surface area (Å²) in [6, 6.07) is 3.06. The van der Waals surface area contributed by atoms with Gasteiger partial charge in [-0.05, 0) is 12.8 Å². The Bertz CT molecular complexity index is 695. The molecule has 0 aliphatic heterocycles. The van der Waals surface area contributed by atoms with E-state index in [4.69, 9.17) is 0 Å². The molecule has 1 saturated carbocycles. The van der Waals surface area contributed by atoms with Crippen LogP contribution in [0.5, 0.6) is 0 Å². The summed E-state index contributed by atoms with van der Waals surface area (Å²) in [5.41, 5.74) is 1.25. The van der Waals surface area contributed by atoms with E-state index >= 15 is 0 Å². The number of carbonyl (C=O) groups excluding carboxylic acids is 1. The van der Waals surface area contributed by atoms with Gasteiger partial charge in [0.1, 0.15) is 0 Å². The maximum Gasteiger partial charge on any atom is 0.356 e. The lowest BCUT2D eigenvalue weighted by atomic mass is 9.87. The molecule has 1 aliphatic carbocycles. The Hall–Kier alpha value is -2.11. The number of nitrogens with zero attached hydrogens (tertiary/aromatic N) is 2. The number of H-pyrrole nitrogens is 1. The van der Waals surface area contributed by atoms with E-state index in [1.54, 1.807) is 0 Å². The number of methoxy groups -OCH3 is 1. The van der Waals surface area contributed by atoms with Crippen LogP contribution in [0.2, 0.25) is 0 Å². The topological polar surface area (TPSA) is 76.5 Å². The zero-order chi connectivity index (χ0) is 14.1. The third kappa shape index (κ3) is 2.21. The fourth-order valence-corrected chi connectivity index (χ4v) is 2.84. The molecule has 1 N–H and O–H groups in total. The van der Waals surface area contributed by atoms with Crippen molar-refractivity contribution in [3.8, 4) is 0 Å². The van der Waals surface area contributed by atoms with E-state index in [9.17, 15) is 9.59 Å². The van der Waals surface area contributed by atoms with Crippen molar-refractivity contribution in [1.29, 1.82) is 0 Å². The molecule has 2 aromatic rings. The van der Waals surface area contributed by atoms with Gasteiger partial charge in [-0.15, -0.1) is 0 Å². The van der Waals surface area contributed by atoms with Gasteiger partial charge in [0.25, 0.3) is 5.56 Å². The average molecular weight is 275 g/mol. The number of nitrogens with one attached hydrogen (secondary N) is 1. The van der Waals surface area contributed by atoms with Crippen LogP contribution < -0.4 is 5.56 Å². The van der Waals surface area contributed by atoms with Gasteiger partial charge in [-0.1, -0.05) is 19.3 Å². The van der Waals surface area contributed by atoms with E-state index in [1.807, 2.05) is 6.07 Å². The summed E-state index contributed by atoms with van der Waals surface area (Å²) in [5.74, 6) is -0.142. The maximum absolute atomic E-state index is 12.0. The highest BCUT2D eigenvalue weighted by atomic mass is 16.5. The highest BCUT2D eigenvalue weighted by Gasteiger charge is 2.19. The van der Waals surface area contributed by atoms with Gasteiger partial charge in [-0.25, -0.2) is 14.3 Å². The second kappa shape index (κ2) is 5.11. The number of rotatable bonds is 2. The summed E-state index contributed by atoms with van der Waals surface area (Å²) in [4.78, 5) is 27.7. The molecule has 2 aromatic heterocycles. The molecular formula is C14H17N3O3. The van der Waals surface area contributed by atoms with E-state index in [-0.39, 0.29) is 11.3 Å². The zero-order valence-corrected chi connectivity index (χ0v) is 11.4. The molecule has 0 amide bonds. The molecule has 0 aromatic carbocycles. The van der Waals surface area contributed by atoms with Crippen LogP contribution in [-0.4, -0.2) is 27.7 Å². The van der Waals surface area contributed by atoms with E-state index in [1.165, 1.54) is 37.0 Å². The molecule has 0 saturated heterocycles. The third-order valence-electron chi connectivity index (χ3n) is 3.91. The highest BCUT2D eigenvalue weighted by Crippen LogP contribution is 2.31. The van der Waals surface area contributed by atoms with Gasteiger partial charge in [0.15, 0.2) is 11.3 Å². The van der Waals surface area contributed by atoms with Crippen LogP contribution in [0.1, 0.15) is 54.2 Å². The zero-order valence-electron chi connectivity index (χ0n) is 11.4. The summed E-state index contributed by atoms with van der Waals surface area (Å²) in [6.45, 7) is 0. The Morgan fingerprint density at radius 3 is 2.80 bits per heavy atom. The van der Waals surface area contributed by atoms with E-state index < -0.39 is 5.97 Å². The Morgan fingerprint density at radius 1 is 1.35 bits per heavy atom. The minimum atomic E-state index is -0.593. The number of aromatic amines is 1. The van der Waals surface area contributed by atoms with Crippen molar-refractivity contribution >= 4 is 11.6 Å². The summed E-state index contributed by atoms with van der Waals surface area (Å²) in [6.07, 6.45) is 5.98. The van der Waals surface area contributed by atoms with Crippen molar-refractivity contribution in [3.63, 3.8) is 0 Å². The van der Waals surface area contributed by atoms with Crippen molar-refractivity contribution in [1.82, 2.24) is 14.6 Å². The number of hydrogen-bond donors (Lipinski definition) is 1. The largest absolute Gasteiger partial charge is 0.464 e. The number of fused-ring (bicyclic) bond motifs is 1. The van der Waals surface area contributed by atoms with Crippen LogP contribution in [0.25, 0.3) is 5.65 Å². The van der Waals surface area contributed by atoms with E-state index in [2.05, 4.69) is 14.8 Å². The fraction of sp³-hybridized carbons (Fsp3) is 0.500. The first-order valence-corrected chi connectivity index (χ1v) is 6.90. The molecule has 0 unspecified atom stereocenters. The predicted octanol–water partition coefficient (Wildman–Crippen LogP) is 1.86. The quantitative estimate of drug-likeness (QED) is 0.849. The molecule has 6 nitrogen and oxygen atoms in total. The molecule has 2 heterocycles. The smallest absolute Gasteiger partial charge is 0.356 e. The Balaban J connectivity index is 2.04. The van der Waals surface area contributed by atoms with Crippen LogP contribution in [0.15, 0.2) is 16.9 Å². The van der Waals surface area contributed by atoms with E-state index in [0.717, 1.165) is 18.5 Å². The van der Waals surface area contributed by atoms with Crippen LogP contribution in [0.3, 0.4) is 0 Å². The number of hydrogen-bond acceptors (Lipinski definition) is 4. The van der Waals surface area contributed by atoms with Gasteiger partial charge < -0.3 is 4.74 Å². The number of carbonyl (C=O) groups is 1. The molecule has 6 heteroatoms. The summed E-state index contributed by atoms with van der Waals surface area (Å²) in [7, 11) is 1.27.